The summed E-state index contributed by atoms with van der Waals surface area (Å²) >= 11 is 0. The molecule has 0 spiro atoms. The van der Waals surface area contributed by atoms with Gasteiger partial charge in [-0.05, 0) is 100 Å². The highest BCUT2D eigenvalue weighted by atomic mass is 14.8. The number of aryl methyl sites for hydroxylation is 6. The largest absolute Gasteiger partial charge is 0.352 e. The Balaban J connectivity index is 1.51. The summed E-state index contributed by atoms with van der Waals surface area (Å²) in [5.41, 5.74) is 15.8. The molecule has 1 N–H and O–H groups in total. The van der Waals surface area contributed by atoms with Crippen LogP contribution in [-0.2, 0) is 0 Å². The molecule has 0 aliphatic heterocycles. The molecule has 0 aliphatic carbocycles. The molecular formula is C32H31N3. The Kier molecular flexibility index (Phi) is 5.86. The second kappa shape index (κ2) is 8.99. The Morgan fingerprint density at radius 1 is 0.457 bits per heavy atom. The van der Waals surface area contributed by atoms with Crippen molar-refractivity contribution >= 4 is 0 Å². The molecule has 5 rings (SSSR count). The van der Waals surface area contributed by atoms with Crippen LogP contribution >= 0.6 is 0 Å². The van der Waals surface area contributed by atoms with Crippen molar-refractivity contribution in [3.05, 3.63) is 106 Å². The van der Waals surface area contributed by atoms with E-state index >= 15 is 0 Å². The van der Waals surface area contributed by atoms with Crippen LogP contribution < -0.4 is 0 Å². The maximum absolute atomic E-state index is 5.02. The number of hydrogen-bond acceptors (Lipinski definition) is 2. The van der Waals surface area contributed by atoms with Crippen molar-refractivity contribution in [2.24, 2.45) is 0 Å². The highest BCUT2D eigenvalue weighted by Gasteiger charge is 2.13. The molecular weight excluding hydrogens is 426 g/mol. The monoisotopic (exact) mass is 457 g/mol. The number of aromatic amines is 1. The van der Waals surface area contributed by atoms with Gasteiger partial charge in [0.05, 0.1) is 34.2 Å². The Labute approximate surface area is 207 Å². The van der Waals surface area contributed by atoms with Gasteiger partial charge in [-0.2, -0.15) is 0 Å². The number of nitrogens with one attached hydrogen (secondary N) is 1. The number of rotatable bonds is 4. The zero-order valence-corrected chi connectivity index (χ0v) is 21.3. The maximum Gasteiger partial charge on any atom is 0.0872 e. The molecule has 0 saturated carbocycles. The first-order valence-electron chi connectivity index (χ1n) is 12.1. The van der Waals surface area contributed by atoms with Gasteiger partial charge in [-0.3, -0.25) is 0 Å². The average molecular weight is 458 g/mol. The van der Waals surface area contributed by atoms with E-state index in [9.17, 15) is 0 Å². The van der Waals surface area contributed by atoms with Gasteiger partial charge in [0.15, 0.2) is 0 Å². The minimum atomic E-state index is 0.925. The number of aromatic nitrogens is 3. The summed E-state index contributed by atoms with van der Waals surface area (Å²) in [6.45, 7) is 12.9. The Morgan fingerprint density at radius 3 is 1.17 bits per heavy atom. The van der Waals surface area contributed by atoms with Crippen molar-refractivity contribution in [3.8, 4) is 45.3 Å². The van der Waals surface area contributed by atoms with Crippen LogP contribution in [0, 0.1) is 41.5 Å². The first-order chi connectivity index (χ1) is 16.8. The molecule has 3 heterocycles. The summed E-state index contributed by atoms with van der Waals surface area (Å²) in [6, 6.07) is 25.5. The van der Waals surface area contributed by atoms with Crippen LogP contribution in [0.15, 0.2) is 72.8 Å². The zero-order valence-electron chi connectivity index (χ0n) is 21.3. The fourth-order valence-electron chi connectivity index (χ4n) is 5.31. The van der Waals surface area contributed by atoms with E-state index in [2.05, 4.69) is 119 Å². The van der Waals surface area contributed by atoms with Gasteiger partial charge >= 0.3 is 0 Å². The first-order valence-corrected chi connectivity index (χ1v) is 12.1. The molecule has 0 amide bonds. The number of benzene rings is 2. The minimum Gasteiger partial charge on any atom is -0.352 e. The maximum atomic E-state index is 5.02. The van der Waals surface area contributed by atoms with E-state index in [0.29, 0.717) is 0 Å². The predicted molar refractivity (Wildman–Crippen MR) is 147 cm³/mol. The van der Waals surface area contributed by atoms with E-state index in [1.807, 2.05) is 0 Å². The Bertz CT molecular complexity index is 1390. The molecule has 0 fully saturated rings. The Morgan fingerprint density at radius 2 is 0.800 bits per heavy atom. The standard InChI is InChI=1S/C32H31N3/c1-19-15-21(3)31(22(4)16-19)29-11-7-9-25(34-29)27-13-14-28(33-27)26-10-8-12-30(35-26)32-23(5)17-20(2)18-24(32)6/h7-18,33H,1-6H3. The fraction of sp³-hybridized carbons (Fsp3) is 0.188. The lowest BCUT2D eigenvalue weighted by Crippen LogP contribution is -1.95. The molecule has 0 atom stereocenters. The second-order valence-corrected chi connectivity index (χ2v) is 9.65. The minimum absolute atomic E-state index is 0.925. The molecule has 0 aliphatic rings. The highest BCUT2D eigenvalue weighted by molar-refractivity contribution is 5.73. The van der Waals surface area contributed by atoms with E-state index in [0.717, 1.165) is 34.2 Å². The van der Waals surface area contributed by atoms with Gasteiger partial charge in [-0.25, -0.2) is 9.97 Å². The number of nitrogens with zero attached hydrogens (tertiary/aromatic N) is 2. The fourth-order valence-corrected chi connectivity index (χ4v) is 5.31. The van der Waals surface area contributed by atoms with Gasteiger partial charge in [0.1, 0.15) is 0 Å². The molecule has 3 aromatic heterocycles. The molecule has 174 valence electrons. The predicted octanol–water partition coefficient (Wildman–Crippen LogP) is 8.32. The average Bonchev–Trinajstić information content (AvgIpc) is 3.29. The van der Waals surface area contributed by atoms with Gasteiger partial charge < -0.3 is 4.98 Å². The van der Waals surface area contributed by atoms with Crippen molar-refractivity contribution in [1.82, 2.24) is 15.0 Å². The lowest BCUT2D eigenvalue weighted by molar-refractivity contribution is 1.23. The summed E-state index contributed by atoms with van der Waals surface area (Å²) in [7, 11) is 0. The lowest BCUT2D eigenvalue weighted by atomic mass is 9.97. The summed E-state index contributed by atoms with van der Waals surface area (Å²) in [4.78, 5) is 13.6. The van der Waals surface area contributed by atoms with E-state index in [1.54, 1.807) is 0 Å². The van der Waals surface area contributed by atoms with Crippen molar-refractivity contribution in [1.29, 1.82) is 0 Å². The van der Waals surface area contributed by atoms with Crippen molar-refractivity contribution in [2.75, 3.05) is 0 Å². The zero-order chi connectivity index (χ0) is 24.7. The van der Waals surface area contributed by atoms with Crippen LogP contribution in [0.1, 0.15) is 33.4 Å². The number of pyridine rings is 2. The quantitative estimate of drug-likeness (QED) is 0.295. The molecule has 0 radical (unpaired) electrons. The van der Waals surface area contributed by atoms with Gasteiger partial charge in [0.25, 0.3) is 0 Å². The summed E-state index contributed by atoms with van der Waals surface area (Å²) in [5.74, 6) is 0. The van der Waals surface area contributed by atoms with E-state index in [-0.39, 0.29) is 0 Å². The van der Waals surface area contributed by atoms with Crippen molar-refractivity contribution in [3.63, 3.8) is 0 Å². The summed E-state index contributed by atoms with van der Waals surface area (Å²) in [5, 5.41) is 0. The van der Waals surface area contributed by atoms with Crippen LogP contribution in [0.25, 0.3) is 45.3 Å². The second-order valence-electron chi connectivity index (χ2n) is 9.65. The summed E-state index contributed by atoms with van der Waals surface area (Å²) < 4.78 is 0. The SMILES string of the molecule is Cc1cc(C)c(-c2cccc(-c3ccc(-c4cccc(-c5c(C)cc(C)cc5C)n4)[nH]3)n2)c(C)c1. The molecule has 0 saturated heterocycles. The molecule has 0 bridgehead atoms. The van der Waals surface area contributed by atoms with Gasteiger partial charge in [0.2, 0.25) is 0 Å². The third-order valence-electron chi connectivity index (χ3n) is 6.60. The van der Waals surface area contributed by atoms with Crippen molar-refractivity contribution in [2.45, 2.75) is 41.5 Å². The van der Waals surface area contributed by atoms with Gasteiger partial charge in [0, 0.05) is 11.1 Å². The number of H-pyrrole nitrogens is 1. The van der Waals surface area contributed by atoms with E-state index in [1.165, 1.54) is 44.5 Å². The molecule has 2 aromatic carbocycles. The van der Waals surface area contributed by atoms with Crippen LogP contribution in [0.4, 0.5) is 0 Å². The molecule has 35 heavy (non-hydrogen) atoms. The van der Waals surface area contributed by atoms with E-state index in [4.69, 9.17) is 9.97 Å². The van der Waals surface area contributed by atoms with Gasteiger partial charge in [-0.1, -0.05) is 47.5 Å². The normalized spacial score (nSPS) is 11.1. The third-order valence-corrected chi connectivity index (χ3v) is 6.60. The van der Waals surface area contributed by atoms with Crippen LogP contribution in [0.5, 0.6) is 0 Å². The Hall–Kier alpha value is -3.98. The molecule has 5 aromatic rings. The smallest absolute Gasteiger partial charge is 0.0872 e. The van der Waals surface area contributed by atoms with Crippen LogP contribution in [-0.4, -0.2) is 15.0 Å². The third kappa shape index (κ3) is 4.42. The van der Waals surface area contributed by atoms with Gasteiger partial charge in [-0.15, -0.1) is 0 Å². The lowest BCUT2D eigenvalue weighted by Gasteiger charge is -2.12. The molecule has 0 unspecified atom stereocenters. The topological polar surface area (TPSA) is 41.6 Å². The molecule has 3 heteroatoms. The number of hydrogen-bond donors (Lipinski definition) is 1. The van der Waals surface area contributed by atoms with Crippen LogP contribution in [0.3, 0.4) is 0 Å². The van der Waals surface area contributed by atoms with Crippen LogP contribution in [0.2, 0.25) is 0 Å². The van der Waals surface area contributed by atoms with Crippen molar-refractivity contribution < 1.29 is 0 Å². The van der Waals surface area contributed by atoms with E-state index < -0.39 is 0 Å². The summed E-state index contributed by atoms with van der Waals surface area (Å²) in [6.07, 6.45) is 0. The first kappa shape index (κ1) is 22.8. The molecule has 3 nitrogen and oxygen atoms in total. The highest BCUT2D eigenvalue weighted by Crippen LogP contribution is 2.31.